The van der Waals surface area contributed by atoms with Gasteiger partial charge >= 0.3 is 0 Å². The molecule has 1 aromatic heterocycles. The van der Waals surface area contributed by atoms with Crippen LogP contribution in [0.1, 0.15) is 19.4 Å². The first-order chi connectivity index (χ1) is 14.8. The van der Waals surface area contributed by atoms with Crippen LogP contribution < -0.4 is 4.90 Å². The Bertz CT molecular complexity index is 1170. The SMILES string of the molecule is CCN(CC)CCN(C(=O)/C=C/c1ccccc1)c1nc2ccc(S(C)(=O)=O)cc2s1. The van der Waals surface area contributed by atoms with Crippen molar-refractivity contribution in [2.24, 2.45) is 0 Å². The third kappa shape index (κ3) is 6.00. The molecule has 1 amide bonds. The Labute approximate surface area is 187 Å². The van der Waals surface area contributed by atoms with E-state index in [1.54, 1.807) is 35.3 Å². The van der Waals surface area contributed by atoms with Crippen LogP contribution in [0.5, 0.6) is 0 Å². The minimum absolute atomic E-state index is 0.154. The van der Waals surface area contributed by atoms with E-state index in [4.69, 9.17) is 0 Å². The molecule has 0 atom stereocenters. The Morgan fingerprint density at radius 2 is 1.77 bits per heavy atom. The van der Waals surface area contributed by atoms with Crippen LogP contribution in [0.25, 0.3) is 16.3 Å². The van der Waals surface area contributed by atoms with Crippen molar-refractivity contribution < 1.29 is 13.2 Å². The van der Waals surface area contributed by atoms with Crippen molar-refractivity contribution in [1.29, 1.82) is 0 Å². The van der Waals surface area contributed by atoms with Crippen molar-refractivity contribution in [3.05, 3.63) is 60.2 Å². The number of benzene rings is 2. The van der Waals surface area contributed by atoms with Gasteiger partial charge in [-0.05, 0) is 42.9 Å². The summed E-state index contributed by atoms with van der Waals surface area (Å²) in [6.45, 7) is 7.21. The topological polar surface area (TPSA) is 70.6 Å². The molecule has 0 aliphatic heterocycles. The molecule has 0 unspecified atom stereocenters. The van der Waals surface area contributed by atoms with E-state index in [0.717, 1.165) is 29.9 Å². The lowest BCUT2D eigenvalue weighted by Gasteiger charge is -2.23. The summed E-state index contributed by atoms with van der Waals surface area (Å²) in [5.74, 6) is -0.154. The smallest absolute Gasteiger partial charge is 0.252 e. The number of nitrogens with zero attached hydrogens (tertiary/aromatic N) is 3. The molecule has 0 N–H and O–H groups in total. The summed E-state index contributed by atoms with van der Waals surface area (Å²) in [4.78, 5) is 21.9. The van der Waals surface area contributed by atoms with Crippen molar-refractivity contribution in [2.45, 2.75) is 18.7 Å². The number of hydrogen-bond acceptors (Lipinski definition) is 6. The Morgan fingerprint density at radius 1 is 1.06 bits per heavy atom. The maximum absolute atomic E-state index is 13.1. The standard InChI is InChI=1S/C23H27N3O3S2/c1-4-25(5-2)15-16-26(22(27)14-11-18-9-7-6-8-10-18)23-24-20-13-12-19(31(3,28)29)17-21(20)30-23/h6-14,17H,4-5,15-16H2,1-3H3/b14-11+. The molecule has 0 aliphatic carbocycles. The molecule has 31 heavy (non-hydrogen) atoms. The van der Waals surface area contributed by atoms with E-state index < -0.39 is 9.84 Å². The number of amides is 1. The van der Waals surface area contributed by atoms with E-state index in [1.165, 1.54) is 17.6 Å². The predicted molar refractivity (Wildman–Crippen MR) is 128 cm³/mol. The number of likely N-dealkylation sites (N-methyl/N-ethyl adjacent to an activating group) is 1. The van der Waals surface area contributed by atoms with Gasteiger partial charge in [-0.2, -0.15) is 0 Å². The lowest BCUT2D eigenvalue weighted by molar-refractivity contribution is -0.114. The maximum Gasteiger partial charge on any atom is 0.252 e. The summed E-state index contributed by atoms with van der Waals surface area (Å²) >= 11 is 1.33. The summed E-state index contributed by atoms with van der Waals surface area (Å²) in [7, 11) is -3.31. The second-order valence-corrected chi connectivity index (χ2v) is 10.2. The summed E-state index contributed by atoms with van der Waals surface area (Å²) in [6.07, 6.45) is 4.54. The monoisotopic (exact) mass is 457 g/mol. The average Bonchev–Trinajstić information content (AvgIpc) is 3.18. The quantitative estimate of drug-likeness (QED) is 0.453. The van der Waals surface area contributed by atoms with E-state index >= 15 is 0 Å². The third-order valence-corrected chi connectivity index (χ3v) is 7.18. The van der Waals surface area contributed by atoms with Crippen LogP contribution >= 0.6 is 11.3 Å². The number of rotatable bonds is 9. The normalized spacial score (nSPS) is 12.1. The van der Waals surface area contributed by atoms with Crippen molar-refractivity contribution in [3.63, 3.8) is 0 Å². The highest BCUT2D eigenvalue weighted by atomic mass is 32.2. The fraction of sp³-hybridized carbons (Fsp3) is 0.304. The van der Waals surface area contributed by atoms with Gasteiger partial charge in [0, 0.05) is 25.4 Å². The number of carbonyl (C=O) groups is 1. The molecule has 3 aromatic rings. The highest BCUT2D eigenvalue weighted by molar-refractivity contribution is 7.90. The number of fused-ring (bicyclic) bond motifs is 1. The Kier molecular flexibility index (Phi) is 7.59. The van der Waals surface area contributed by atoms with Gasteiger partial charge in [-0.1, -0.05) is 55.5 Å². The summed E-state index contributed by atoms with van der Waals surface area (Å²) in [5.41, 5.74) is 1.63. The fourth-order valence-corrected chi connectivity index (χ4v) is 4.90. The second kappa shape index (κ2) is 10.2. The van der Waals surface area contributed by atoms with Crippen LogP contribution in [0.15, 0.2) is 59.5 Å². The minimum atomic E-state index is -3.31. The number of carbonyl (C=O) groups excluding carboxylic acids is 1. The van der Waals surface area contributed by atoms with Gasteiger partial charge in [-0.25, -0.2) is 13.4 Å². The lowest BCUT2D eigenvalue weighted by atomic mass is 10.2. The summed E-state index contributed by atoms with van der Waals surface area (Å²) in [6, 6.07) is 14.5. The van der Waals surface area contributed by atoms with Crippen LogP contribution in [-0.2, 0) is 14.6 Å². The Hall–Kier alpha value is -2.55. The Morgan fingerprint density at radius 3 is 2.42 bits per heavy atom. The van der Waals surface area contributed by atoms with Gasteiger partial charge in [-0.15, -0.1) is 0 Å². The average molecular weight is 458 g/mol. The molecule has 0 bridgehead atoms. The van der Waals surface area contributed by atoms with Crippen molar-refractivity contribution in [3.8, 4) is 0 Å². The van der Waals surface area contributed by atoms with Gasteiger partial charge in [-0.3, -0.25) is 9.69 Å². The minimum Gasteiger partial charge on any atom is -0.302 e. The van der Waals surface area contributed by atoms with Gasteiger partial charge in [0.05, 0.1) is 15.1 Å². The van der Waals surface area contributed by atoms with Gasteiger partial charge in [0.2, 0.25) is 0 Å². The van der Waals surface area contributed by atoms with Gasteiger partial charge in [0.1, 0.15) is 0 Å². The first kappa shape index (κ1) is 23.1. The van der Waals surface area contributed by atoms with Gasteiger partial charge < -0.3 is 4.90 Å². The van der Waals surface area contributed by atoms with Crippen molar-refractivity contribution in [1.82, 2.24) is 9.88 Å². The number of anilines is 1. The maximum atomic E-state index is 13.1. The highest BCUT2D eigenvalue weighted by Crippen LogP contribution is 2.31. The van der Waals surface area contributed by atoms with E-state index in [2.05, 4.69) is 23.7 Å². The predicted octanol–water partition coefficient (Wildman–Crippen LogP) is 4.09. The van der Waals surface area contributed by atoms with Crippen LogP contribution in [0.2, 0.25) is 0 Å². The van der Waals surface area contributed by atoms with Gasteiger partial charge in [0.25, 0.3) is 5.91 Å². The number of thiazole rings is 1. The van der Waals surface area contributed by atoms with Crippen LogP contribution in [0, 0.1) is 0 Å². The molecule has 2 aromatic carbocycles. The fourth-order valence-electron chi connectivity index (χ4n) is 3.14. The molecular formula is C23H27N3O3S2. The molecular weight excluding hydrogens is 430 g/mol. The first-order valence-corrected chi connectivity index (χ1v) is 12.9. The van der Waals surface area contributed by atoms with Crippen LogP contribution in [0.4, 0.5) is 5.13 Å². The van der Waals surface area contributed by atoms with Crippen molar-refractivity contribution >= 4 is 48.5 Å². The molecule has 1 heterocycles. The van der Waals surface area contributed by atoms with E-state index in [1.807, 2.05) is 30.3 Å². The number of hydrogen-bond donors (Lipinski definition) is 0. The second-order valence-electron chi connectivity index (χ2n) is 7.16. The lowest BCUT2D eigenvalue weighted by Crippen LogP contribution is -2.38. The summed E-state index contributed by atoms with van der Waals surface area (Å²) in [5, 5.41) is 0.565. The van der Waals surface area contributed by atoms with E-state index in [-0.39, 0.29) is 10.8 Å². The Balaban J connectivity index is 1.92. The van der Waals surface area contributed by atoms with E-state index in [9.17, 15) is 13.2 Å². The number of sulfone groups is 1. The molecule has 0 spiro atoms. The first-order valence-electron chi connectivity index (χ1n) is 10.2. The molecule has 0 radical (unpaired) electrons. The zero-order chi connectivity index (χ0) is 22.4. The van der Waals surface area contributed by atoms with E-state index in [0.29, 0.717) is 17.2 Å². The molecule has 6 nitrogen and oxygen atoms in total. The third-order valence-electron chi connectivity index (χ3n) is 5.03. The molecule has 164 valence electrons. The molecule has 8 heteroatoms. The van der Waals surface area contributed by atoms with Crippen molar-refractivity contribution in [2.75, 3.05) is 37.3 Å². The largest absolute Gasteiger partial charge is 0.302 e. The van der Waals surface area contributed by atoms with Gasteiger partial charge in [0.15, 0.2) is 15.0 Å². The molecule has 0 fully saturated rings. The number of aromatic nitrogens is 1. The van der Waals surface area contributed by atoms with Crippen LogP contribution in [-0.4, -0.2) is 56.6 Å². The molecule has 3 rings (SSSR count). The summed E-state index contributed by atoms with van der Waals surface area (Å²) < 4.78 is 24.5. The zero-order valence-corrected chi connectivity index (χ0v) is 19.6. The highest BCUT2D eigenvalue weighted by Gasteiger charge is 2.19. The molecule has 0 saturated heterocycles. The zero-order valence-electron chi connectivity index (χ0n) is 18.0. The molecule has 0 aliphatic rings. The molecule has 0 saturated carbocycles. The van der Waals surface area contributed by atoms with Crippen LogP contribution in [0.3, 0.4) is 0 Å².